The van der Waals surface area contributed by atoms with Crippen molar-refractivity contribution in [2.24, 2.45) is 0 Å². The van der Waals surface area contributed by atoms with E-state index in [2.05, 4.69) is 11.9 Å². The Hall–Kier alpha value is -4.12. The zero-order chi connectivity index (χ0) is 26.4. The summed E-state index contributed by atoms with van der Waals surface area (Å²) in [5.41, 5.74) is 2.42. The van der Waals surface area contributed by atoms with Crippen LogP contribution >= 0.6 is 23.2 Å². The number of nitriles is 1. The lowest BCUT2D eigenvalue weighted by Gasteiger charge is -2.16. The van der Waals surface area contributed by atoms with E-state index < -0.39 is 5.91 Å². The molecule has 3 aromatic rings. The maximum Gasteiger partial charge on any atom is 0.266 e. The smallest absolute Gasteiger partial charge is 0.266 e. The number of carbonyl (C=O) groups excluding carboxylic acids is 1. The second-order valence-electron chi connectivity index (χ2n) is 7.91. The predicted molar refractivity (Wildman–Crippen MR) is 142 cm³/mol. The van der Waals surface area contributed by atoms with Gasteiger partial charge in [-0.15, -0.1) is 6.58 Å². The molecule has 188 valence electrons. The molecule has 3 aromatic carbocycles. The highest BCUT2D eigenvalue weighted by Crippen LogP contribution is 2.37. The highest BCUT2D eigenvalue weighted by Gasteiger charge is 2.17. The summed E-state index contributed by atoms with van der Waals surface area (Å²) in [6, 6.07) is 15.9. The van der Waals surface area contributed by atoms with Crippen molar-refractivity contribution < 1.29 is 23.7 Å². The Bertz CT molecular complexity index is 1430. The molecule has 0 aliphatic carbocycles. The summed E-state index contributed by atoms with van der Waals surface area (Å²) < 4.78 is 22.5. The lowest BCUT2D eigenvalue weighted by molar-refractivity contribution is -0.112. The largest absolute Gasteiger partial charge is 0.493 e. The summed E-state index contributed by atoms with van der Waals surface area (Å²) in [7, 11) is 1.52. The van der Waals surface area contributed by atoms with Gasteiger partial charge in [-0.2, -0.15) is 5.26 Å². The number of anilines is 1. The van der Waals surface area contributed by atoms with Crippen molar-refractivity contribution in [3.05, 3.63) is 93.5 Å². The van der Waals surface area contributed by atoms with Crippen LogP contribution in [0.3, 0.4) is 0 Å². The van der Waals surface area contributed by atoms with Crippen LogP contribution in [-0.4, -0.2) is 19.8 Å². The molecule has 0 aromatic heterocycles. The third kappa shape index (κ3) is 6.00. The number of rotatable bonds is 9. The average molecular weight is 537 g/mol. The monoisotopic (exact) mass is 536 g/mol. The molecule has 0 fully saturated rings. The van der Waals surface area contributed by atoms with Crippen LogP contribution in [0.2, 0.25) is 10.0 Å². The van der Waals surface area contributed by atoms with E-state index >= 15 is 0 Å². The third-order valence-electron chi connectivity index (χ3n) is 5.43. The topological polar surface area (TPSA) is 89.8 Å². The Morgan fingerprint density at radius 1 is 1.19 bits per heavy atom. The zero-order valence-corrected chi connectivity index (χ0v) is 21.4. The highest BCUT2D eigenvalue weighted by atomic mass is 35.5. The number of carbonyl (C=O) groups is 1. The fourth-order valence-electron chi connectivity index (χ4n) is 3.68. The molecule has 0 bridgehead atoms. The van der Waals surface area contributed by atoms with E-state index in [-0.39, 0.29) is 29.0 Å². The van der Waals surface area contributed by atoms with Gasteiger partial charge in [-0.25, -0.2) is 0 Å². The van der Waals surface area contributed by atoms with Gasteiger partial charge in [0, 0.05) is 5.56 Å². The van der Waals surface area contributed by atoms with Gasteiger partial charge in [0.05, 0.1) is 22.8 Å². The summed E-state index contributed by atoms with van der Waals surface area (Å²) >= 11 is 12.2. The van der Waals surface area contributed by atoms with Crippen molar-refractivity contribution in [1.29, 1.82) is 5.26 Å². The number of nitrogens with one attached hydrogen (secondary N) is 1. The Morgan fingerprint density at radius 2 is 2.00 bits per heavy atom. The molecular weight excluding hydrogens is 515 g/mol. The number of hydrogen-bond donors (Lipinski definition) is 1. The van der Waals surface area contributed by atoms with Crippen LogP contribution in [0.1, 0.15) is 16.7 Å². The van der Waals surface area contributed by atoms with E-state index in [0.29, 0.717) is 40.7 Å². The van der Waals surface area contributed by atoms with Gasteiger partial charge in [-0.3, -0.25) is 4.79 Å². The van der Waals surface area contributed by atoms with Crippen LogP contribution in [0.5, 0.6) is 23.0 Å². The Balaban J connectivity index is 1.60. The lowest BCUT2D eigenvalue weighted by atomic mass is 10.0. The SMILES string of the molecule is C=CCc1cc(/C=C(/C#N)C(=O)Nc2cccc(Cl)c2Cl)cc(OC)c1OCc1ccc2c(c1)OCO2. The molecule has 1 amide bonds. The summed E-state index contributed by atoms with van der Waals surface area (Å²) in [5.74, 6) is 1.72. The minimum absolute atomic E-state index is 0.128. The minimum Gasteiger partial charge on any atom is -0.493 e. The van der Waals surface area contributed by atoms with Gasteiger partial charge in [0.25, 0.3) is 5.91 Å². The molecule has 1 aliphatic rings. The minimum atomic E-state index is -0.626. The van der Waals surface area contributed by atoms with Gasteiger partial charge < -0.3 is 24.3 Å². The molecule has 0 unspecified atom stereocenters. The first kappa shape index (κ1) is 26.0. The molecule has 9 heteroatoms. The highest BCUT2D eigenvalue weighted by molar-refractivity contribution is 6.44. The quantitative estimate of drug-likeness (QED) is 0.188. The number of ether oxygens (including phenoxy) is 4. The van der Waals surface area contributed by atoms with Gasteiger partial charge in [0.15, 0.2) is 23.0 Å². The standard InChI is InChI=1S/C28H22Cl2N2O5/c1-3-5-19-10-18(11-20(14-31)28(33)32-22-7-4-6-21(29)26(22)30)13-25(34-2)27(19)35-15-17-8-9-23-24(12-17)37-16-36-23/h3-4,6-13H,1,5,15-16H2,2H3,(H,32,33)/b20-11-. The maximum absolute atomic E-state index is 12.8. The molecule has 7 nitrogen and oxygen atoms in total. The zero-order valence-electron chi connectivity index (χ0n) is 19.8. The summed E-state index contributed by atoms with van der Waals surface area (Å²) in [6.45, 7) is 4.28. The first-order valence-electron chi connectivity index (χ1n) is 11.1. The number of methoxy groups -OCH3 is 1. The fourth-order valence-corrected chi connectivity index (χ4v) is 4.03. The molecule has 0 saturated heterocycles. The van der Waals surface area contributed by atoms with E-state index in [1.54, 1.807) is 30.3 Å². The number of fused-ring (bicyclic) bond motifs is 1. The normalized spacial score (nSPS) is 12.0. The van der Waals surface area contributed by atoms with Crippen molar-refractivity contribution in [1.82, 2.24) is 0 Å². The molecule has 1 heterocycles. The van der Waals surface area contributed by atoms with Crippen molar-refractivity contribution in [2.45, 2.75) is 13.0 Å². The van der Waals surface area contributed by atoms with Crippen LogP contribution in [-0.2, 0) is 17.8 Å². The van der Waals surface area contributed by atoms with Crippen molar-refractivity contribution in [3.63, 3.8) is 0 Å². The van der Waals surface area contributed by atoms with E-state index in [0.717, 1.165) is 11.1 Å². The molecule has 0 radical (unpaired) electrons. The van der Waals surface area contributed by atoms with Gasteiger partial charge in [0.1, 0.15) is 18.2 Å². The predicted octanol–water partition coefficient (Wildman–Crippen LogP) is 6.58. The van der Waals surface area contributed by atoms with Crippen LogP contribution < -0.4 is 24.3 Å². The van der Waals surface area contributed by atoms with Crippen LogP contribution in [0.4, 0.5) is 5.69 Å². The van der Waals surface area contributed by atoms with Crippen molar-refractivity contribution in [2.75, 3.05) is 19.2 Å². The van der Waals surface area contributed by atoms with Crippen molar-refractivity contribution in [3.8, 4) is 29.1 Å². The molecule has 0 saturated carbocycles. The first-order chi connectivity index (χ1) is 17.9. The molecule has 4 rings (SSSR count). The Labute approximate surface area is 224 Å². The number of nitrogens with zero attached hydrogens (tertiary/aromatic N) is 1. The van der Waals surface area contributed by atoms with Gasteiger partial charge >= 0.3 is 0 Å². The molecule has 1 aliphatic heterocycles. The molecule has 0 spiro atoms. The van der Waals surface area contributed by atoms with Crippen LogP contribution in [0.25, 0.3) is 6.08 Å². The number of halogens is 2. The van der Waals surface area contributed by atoms with Crippen molar-refractivity contribution >= 4 is 40.9 Å². The van der Waals surface area contributed by atoms with Crippen LogP contribution in [0, 0.1) is 11.3 Å². The third-order valence-corrected chi connectivity index (χ3v) is 6.25. The second kappa shape index (κ2) is 11.7. The van der Waals surface area contributed by atoms with Gasteiger partial charge in [-0.05, 0) is 60.0 Å². The molecular formula is C28H22Cl2N2O5. The lowest BCUT2D eigenvalue weighted by Crippen LogP contribution is -2.13. The first-order valence-corrected chi connectivity index (χ1v) is 11.9. The number of hydrogen-bond acceptors (Lipinski definition) is 6. The van der Waals surface area contributed by atoms with Crippen LogP contribution in [0.15, 0.2) is 66.8 Å². The second-order valence-corrected chi connectivity index (χ2v) is 8.69. The summed E-state index contributed by atoms with van der Waals surface area (Å²) in [4.78, 5) is 12.8. The van der Waals surface area contributed by atoms with E-state index in [4.69, 9.17) is 42.1 Å². The number of amides is 1. The Morgan fingerprint density at radius 3 is 2.76 bits per heavy atom. The van der Waals surface area contributed by atoms with Gasteiger partial charge in [0.2, 0.25) is 6.79 Å². The molecule has 37 heavy (non-hydrogen) atoms. The summed E-state index contributed by atoms with van der Waals surface area (Å²) in [6.07, 6.45) is 3.67. The average Bonchev–Trinajstić information content (AvgIpc) is 3.37. The van der Waals surface area contributed by atoms with E-state index in [1.165, 1.54) is 13.2 Å². The molecule has 1 N–H and O–H groups in total. The Kier molecular flexibility index (Phi) is 8.24. The number of benzene rings is 3. The van der Waals surface area contributed by atoms with Gasteiger partial charge in [-0.1, -0.05) is 41.4 Å². The number of allylic oxidation sites excluding steroid dienone is 1. The van der Waals surface area contributed by atoms with E-state index in [9.17, 15) is 10.1 Å². The summed E-state index contributed by atoms with van der Waals surface area (Å²) in [5, 5.41) is 12.8. The van der Waals surface area contributed by atoms with E-state index in [1.807, 2.05) is 30.3 Å². The fraction of sp³-hybridized carbons (Fsp3) is 0.143. The maximum atomic E-state index is 12.8. The molecule has 0 atom stereocenters.